The van der Waals surface area contributed by atoms with E-state index >= 15 is 0 Å². The number of aromatic carboxylic acids is 1. The fourth-order valence-electron chi connectivity index (χ4n) is 3.44. The van der Waals surface area contributed by atoms with Gasteiger partial charge in [0.25, 0.3) is 0 Å². The lowest BCUT2D eigenvalue weighted by Gasteiger charge is -2.39. The van der Waals surface area contributed by atoms with Crippen molar-refractivity contribution in [3.8, 4) is 0 Å². The van der Waals surface area contributed by atoms with Gasteiger partial charge >= 0.3 is 5.97 Å². The van der Waals surface area contributed by atoms with Gasteiger partial charge in [-0.25, -0.2) is 13.2 Å². The van der Waals surface area contributed by atoms with Gasteiger partial charge in [-0.05, 0) is 43.2 Å². The van der Waals surface area contributed by atoms with Crippen LogP contribution in [0, 0.1) is 6.92 Å². The summed E-state index contributed by atoms with van der Waals surface area (Å²) in [6.45, 7) is 5.94. The van der Waals surface area contributed by atoms with Gasteiger partial charge in [-0.3, -0.25) is 4.90 Å². The first-order valence-electron chi connectivity index (χ1n) is 8.91. The predicted molar refractivity (Wildman–Crippen MR) is 103 cm³/mol. The van der Waals surface area contributed by atoms with Crippen LogP contribution in [-0.2, 0) is 16.6 Å². The number of benzene rings is 2. The zero-order chi connectivity index (χ0) is 19.6. The van der Waals surface area contributed by atoms with Crippen molar-refractivity contribution in [3.63, 3.8) is 0 Å². The summed E-state index contributed by atoms with van der Waals surface area (Å²) in [5.41, 5.74) is 1.75. The minimum atomic E-state index is -3.65. The van der Waals surface area contributed by atoms with E-state index in [4.69, 9.17) is 5.11 Å². The molecule has 1 N–H and O–H groups in total. The Hall–Kier alpha value is -2.22. The van der Waals surface area contributed by atoms with Crippen molar-refractivity contribution in [2.24, 2.45) is 0 Å². The molecule has 2 aromatic rings. The Morgan fingerprint density at radius 3 is 2.44 bits per heavy atom. The highest BCUT2D eigenvalue weighted by atomic mass is 32.2. The molecule has 27 heavy (non-hydrogen) atoms. The number of rotatable bonds is 5. The van der Waals surface area contributed by atoms with E-state index in [1.807, 2.05) is 25.1 Å². The lowest BCUT2D eigenvalue weighted by molar-refractivity contribution is 0.0696. The van der Waals surface area contributed by atoms with Crippen molar-refractivity contribution >= 4 is 16.0 Å². The summed E-state index contributed by atoms with van der Waals surface area (Å²) in [4.78, 5) is 13.5. The number of carboxylic acid groups (broad SMARTS) is 1. The lowest BCUT2D eigenvalue weighted by atomic mass is 10.1. The Morgan fingerprint density at radius 1 is 1.15 bits per heavy atom. The molecule has 7 heteroatoms. The zero-order valence-electron chi connectivity index (χ0n) is 15.5. The maximum Gasteiger partial charge on any atom is 0.335 e. The zero-order valence-corrected chi connectivity index (χ0v) is 16.3. The van der Waals surface area contributed by atoms with Crippen molar-refractivity contribution in [2.45, 2.75) is 31.3 Å². The highest BCUT2D eigenvalue weighted by Crippen LogP contribution is 2.24. The van der Waals surface area contributed by atoms with E-state index in [0.717, 1.165) is 6.54 Å². The van der Waals surface area contributed by atoms with Crippen molar-refractivity contribution in [1.82, 2.24) is 9.21 Å². The van der Waals surface area contributed by atoms with Crippen LogP contribution in [0.15, 0.2) is 53.4 Å². The summed E-state index contributed by atoms with van der Waals surface area (Å²) in [6.07, 6.45) is 0. The second-order valence-electron chi connectivity index (χ2n) is 6.95. The molecule has 1 fully saturated rings. The average molecular weight is 388 g/mol. The van der Waals surface area contributed by atoms with E-state index in [1.165, 1.54) is 28.1 Å². The van der Waals surface area contributed by atoms with Crippen LogP contribution in [0.1, 0.15) is 28.4 Å². The van der Waals surface area contributed by atoms with Crippen LogP contribution in [-0.4, -0.2) is 54.4 Å². The molecule has 0 saturated carbocycles. The smallest absolute Gasteiger partial charge is 0.335 e. The number of carbonyl (C=O) groups is 1. The number of sulfonamides is 1. The Bertz CT molecular complexity index is 928. The summed E-state index contributed by atoms with van der Waals surface area (Å²) < 4.78 is 27.6. The van der Waals surface area contributed by atoms with E-state index < -0.39 is 16.0 Å². The third-order valence-corrected chi connectivity index (χ3v) is 7.02. The number of hydrogen-bond acceptors (Lipinski definition) is 4. The molecule has 1 atom stereocenters. The third-order valence-electron chi connectivity index (χ3n) is 5.00. The van der Waals surface area contributed by atoms with Gasteiger partial charge in [0, 0.05) is 32.2 Å². The molecule has 0 radical (unpaired) electrons. The minimum absolute atomic E-state index is 0.0901. The summed E-state index contributed by atoms with van der Waals surface area (Å²) in [6, 6.07) is 14.4. The first kappa shape index (κ1) is 19.5. The maximum absolute atomic E-state index is 13.1. The van der Waals surface area contributed by atoms with Crippen LogP contribution < -0.4 is 0 Å². The largest absolute Gasteiger partial charge is 0.478 e. The van der Waals surface area contributed by atoms with E-state index in [2.05, 4.69) is 17.0 Å². The topological polar surface area (TPSA) is 77.9 Å². The molecule has 1 heterocycles. The molecule has 0 spiro atoms. The van der Waals surface area contributed by atoms with E-state index in [1.54, 1.807) is 6.92 Å². The maximum atomic E-state index is 13.1. The molecule has 1 saturated heterocycles. The number of carboxylic acids is 1. The third kappa shape index (κ3) is 4.21. The van der Waals surface area contributed by atoms with Gasteiger partial charge in [0.15, 0.2) is 0 Å². The lowest BCUT2D eigenvalue weighted by Crippen LogP contribution is -2.53. The number of piperazine rings is 1. The van der Waals surface area contributed by atoms with Gasteiger partial charge in [-0.1, -0.05) is 30.3 Å². The Balaban J connectivity index is 1.75. The van der Waals surface area contributed by atoms with Crippen LogP contribution in [0.2, 0.25) is 0 Å². The van der Waals surface area contributed by atoms with Gasteiger partial charge < -0.3 is 5.11 Å². The molecule has 144 valence electrons. The number of nitrogens with zero attached hydrogens (tertiary/aromatic N) is 2. The van der Waals surface area contributed by atoms with Gasteiger partial charge in [0.2, 0.25) is 10.0 Å². The standard InChI is InChI=1S/C20H24N2O4S/c1-15-12-18(20(23)24)8-9-19(15)27(25,26)22-11-10-21(16(2)13-22)14-17-6-4-3-5-7-17/h3-9,12,16H,10-11,13-14H2,1-2H3,(H,23,24). The van der Waals surface area contributed by atoms with Crippen LogP contribution in [0.3, 0.4) is 0 Å². The Morgan fingerprint density at radius 2 is 1.85 bits per heavy atom. The van der Waals surface area contributed by atoms with Crippen LogP contribution in [0.25, 0.3) is 0 Å². The summed E-state index contributed by atoms with van der Waals surface area (Å²) in [5, 5.41) is 9.07. The number of aryl methyl sites for hydroxylation is 1. The number of hydrogen-bond donors (Lipinski definition) is 1. The van der Waals surface area contributed by atoms with Crippen molar-refractivity contribution < 1.29 is 18.3 Å². The molecular weight excluding hydrogens is 364 g/mol. The SMILES string of the molecule is Cc1cc(C(=O)O)ccc1S(=O)(=O)N1CCN(Cc2ccccc2)C(C)C1. The molecule has 1 unspecified atom stereocenters. The predicted octanol–water partition coefficient (Wildman–Crippen LogP) is 2.59. The molecule has 0 amide bonds. The Labute approximate surface area is 160 Å². The van der Waals surface area contributed by atoms with Crippen LogP contribution in [0.4, 0.5) is 0 Å². The average Bonchev–Trinajstić information content (AvgIpc) is 2.63. The molecule has 1 aliphatic rings. The summed E-state index contributed by atoms with van der Waals surface area (Å²) >= 11 is 0. The molecule has 6 nitrogen and oxygen atoms in total. The van der Waals surface area contributed by atoms with Crippen LogP contribution >= 0.6 is 0 Å². The minimum Gasteiger partial charge on any atom is -0.478 e. The van der Waals surface area contributed by atoms with Gasteiger partial charge in [0.05, 0.1) is 10.5 Å². The van der Waals surface area contributed by atoms with Gasteiger partial charge in [0.1, 0.15) is 0 Å². The first-order valence-corrected chi connectivity index (χ1v) is 10.3. The van der Waals surface area contributed by atoms with Gasteiger partial charge in [-0.15, -0.1) is 0 Å². The quantitative estimate of drug-likeness (QED) is 0.852. The van der Waals surface area contributed by atoms with Crippen LogP contribution in [0.5, 0.6) is 0 Å². The fourth-order valence-corrected chi connectivity index (χ4v) is 5.16. The summed E-state index contributed by atoms with van der Waals surface area (Å²) in [5.74, 6) is -1.06. The molecule has 0 bridgehead atoms. The molecule has 3 rings (SSSR count). The second kappa shape index (κ2) is 7.80. The molecule has 0 aromatic heterocycles. The Kier molecular flexibility index (Phi) is 5.64. The van der Waals surface area contributed by atoms with Crippen molar-refractivity contribution in [3.05, 3.63) is 65.2 Å². The van der Waals surface area contributed by atoms with Gasteiger partial charge in [-0.2, -0.15) is 4.31 Å². The normalized spacial score (nSPS) is 19.1. The monoisotopic (exact) mass is 388 g/mol. The second-order valence-corrected chi connectivity index (χ2v) is 8.86. The van der Waals surface area contributed by atoms with E-state index in [-0.39, 0.29) is 16.5 Å². The molecular formula is C20H24N2O4S. The van der Waals surface area contributed by atoms with Crippen molar-refractivity contribution in [2.75, 3.05) is 19.6 Å². The van der Waals surface area contributed by atoms with E-state index in [0.29, 0.717) is 25.2 Å². The highest BCUT2D eigenvalue weighted by Gasteiger charge is 2.33. The van der Waals surface area contributed by atoms with Crippen molar-refractivity contribution in [1.29, 1.82) is 0 Å². The highest BCUT2D eigenvalue weighted by molar-refractivity contribution is 7.89. The summed E-state index contributed by atoms with van der Waals surface area (Å²) in [7, 11) is -3.65. The van der Waals surface area contributed by atoms with E-state index in [9.17, 15) is 13.2 Å². The molecule has 1 aliphatic heterocycles. The fraction of sp³-hybridized carbons (Fsp3) is 0.350. The first-order chi connectivity index (χ1) is 12.8. The molecule has 0 aliphatic carbocycles. The molecule has 2 aromatic carbocycles.